The highest BCUT2D eigenvalue weighted by atomic mass is 35.5. The first-order chi connectivity index (χ1) is 12.2. The maximum atomic E-state index is 14.5. The second kappa shape index (κ2) is 6.82. The van der Waals surface area contributed by atoms with E-state index >= 15 is 0 Å². The molecule has 1 aromatic heterocycles. The van der Waals surface area contributed by atoms with E-state index in [4.69, 9.17) is 16.3 Å². The fourth-order valence-electron chi connectivity index (χ4n) is 2.91. The molecule has 0 amide bonds. The van der Waals surface area contributed by atoms with Crippen molar-refractivity contribution in [2.75, 3.05) is 36.5 Å². The van der Waals surface area contributed by atoms with Crippen molar-refractivity contribution in [3.63, 3.8) is 0 Å². The van der Waals surface area contributed by atoms with Gasteiger partial charge in [0.2, 0.25) is 0 Å². The van der Waals surface area contributed by atoms with E-state index in [0.29, 0.717) is 48.5 Å². The van der Waals surface area contributed by atoms with Gasteiger partial charge in [-0.25, -0.2) is 14.4 Å². The van der Waals surface area contributed by atoms with E-state index < -0.39 is 0 Å². The number of fused-ring (bicyclic) bond motifs is 1. The number of benzene rings is 2. The second-order valence-electron chi connectivity index (χ2n) is 5.77. The number of nitrogens with one attached hydrogen (secondary N) is 1. The molecular weight excluding hydrogens is 343 g/mol. The van der Waals surface area contributed by atoms with Crippen LogP contribution in [0.5, 0.6) is 0 Å². The van der Waals surface area contributed by atoms with Crippen LogP contribution in [0.1, 0.15) is 0 Å². The van der Waals surface area contributed by atoms with Gasteiger partial charge in [0, 0.05) is 29.2 Å². The Morgan fingerprint density at radius 3 is 2.72 bits per heavy atom. The smallest absolute Gasteiger partial charge is 0.148 e. The van der Waals surface area contributed by atoms with Crippen LogP contribution in [-0.4, -0.2) is 36.3 Å². The summed E-state index contributed by atoms with van der Waals surface area (Å²) >= 11 is 6.00. The van der Waals surface area contributed by atoms with Gasteiger partial charge >= 0.3 is 0 Å². The SMILES string of the molecule is Fc1cc(Nc2ncnc3cc(Cl)ccc23)ccc1N1CCOCC1. The van der Waals surface area contributed by atoms with Crippen LogP contribution in [0.2, 0.25) is 5.02 Å². The minimum absolute atomic E-state index is 0.270. The van der Waals surface area contributed by atoms with Gasteiger partial charge in [0.1, 0.15) is 18.0 Å². The van der Waals surface area contributed by atoms with Crippen molar-refractivity contribution in [1.29, 1.82) is 0 Å². The highest BCUT2D eigenvalue weighted by Crippen LogP contribution is 2.28. The number of halogens is 2. The van der Waals surface area contributed by atoms with Gasteiger partial charge in [0.15, 0.2) is 0 Å². The van der Waals surface area contributed by atoms with Crippen molar-refractivity contribution in [1.82, 2.24) is 9.97 Å². The molecule has 0 aliphatic carbocycles. The Balaban J connectivity index is 1.62. The van der Waals surface area contributed by atoms with Gasteiger partial charge in [-0.2, -0.15) is 0 Å². The molecule has 7 heteroatoms. The van der Waals surface area contributed by atoms with Gasteiger partial charge in [0.05, 0.1) is 24.4 Å². The van der Waals surface area contributed by atoms with Crippen molar-refractivity contribution in [3.8, 4) is 0 Å². The lowest BCUT2D eigenvalue weighted by molar-refractivity contribution is 0.122. The van der Waals surface area contributed by atoms with Gasteiger partial charge in [-0.1, -0.05) is 11.6 Å². The minimum atomic E-state index is -0.270. The lowest BCUT2D eigenvalue weighted by Gasteiger charge is -2.29. The maximum absolute atomic E-state index is 14.5. The number of nitrogens with zero attached hydrogens (tertiary/aromatic N) is 3. The van der Waals surface area contributed by atoms with Crippen molar-refractivity contribution >= 4 is 39.7 Å². The first kappa shape index (κ1) is 16.1. The maximum Gasteiger partial charge on any atom is 0.148 e. The topological polar surface area (TPSA) is 50.3 Å². The number of ether oxygens (including phenoxy) is 1. The third-order valence-electron chi connectivity index (χ3n) is 4.16. The summed E-state index contributed by atoms with van der Waals surface area (Å²) in [5.41, 5.74) is 1.95. The molecule has 0 atom stereocenters. The summed E-state index contributed by atoms with van der Waals surface area (Å²) in [6, 6.07) is 10.5. The molecule has 0 saturated carbocycles. The average molecular weight is 359 g/mol. The number of aromatic nitrogens is 2. The van der Waals surface area contributed by atoms with Crippen LogP contribution in [-0.2, 0) is 4.74 Å². The normalized spacial score (nSPS) is 14.7. The Kier molecular flexibility index (Phi) is 4.38. The Labute approximate surface area is 149 Å². The largest absolute Gasteiger partial charge is 0.378 e. The average Bonchev–Trinajstić information content (AvgIpc) is 2.62. The third kappa shape index (κ3) is 3.36. The minimum Gasteiger partial charge on any atom is -0.378 e. The van der Waals surface area contributed by atoms with E-state index in [0.717, 1.165) is 10.9 Å². The van der Waals surface area contributed by atoms with Crippen LogP contribution < -0.4 is 10.2 Å². The van der Waals surface area contributed by atoms with Crippen LogP contribution in [0.3, 0.4) is 0 Å². The van der Waals surface area contributed by atoms with E-state index in [1.54, 1.807) is 18.2 Å². The van der Waals surface area contributed by atoms with E-state index in [1.807, 2.05) is 17.0 Å². The molecule has 25 heavy (non-hydrogen) atoms. The molecule has 2 heterocycles. The van der Waals surface area contributed by atoms with Gasteiger partial charge < -0.3 is 15.0 Å². The monoisotopic (exact) mass is 358 g/mol. The molecule has 2 aromatic carbocycles. The fraction of sp³-hybridized carbons (Fsp3) is 0.222. The molecule has 1 fully saturated rings. The van der Waals surface area contributed by atoms with Crippen LogP contribution in [0.15, 0.2) is 42.7 Å². The Morgan fingerprint density at radius 2 is 1.92 bits per heavy atom. The van der Waals surface area contributed by atoms with E-state index in [-0.39, 0.29) is 5.82 Å². The number of hydrogen-bond acceptors (Lipinski definition) is 5. The Bertz CT molecular complexity index is 915. The van der Waals surface area contributed by atoms with E-state index in [2.05, 4.69) is 15.3 Å². The summed E-state index contributed by atoms with van der Waals surface area (Å²) in [5, 5.41) is 4.59. The standard InChI is InChI=1S/C18H16ClFN4O/c19-12-1-3-14-16(9-12)21-11-22-18(14)23-13-2-4-17(15(20)10-13)24-5-7-25-8-6-24/h1-4,9-11H,5-8H2,(H,21,22,23). The molecule has 1 aliphatic rings. The van der Waals surface area contributed by atoms with Crippen LogP contribution >= 0.6 is 11.6 Å². The zero-order valence-corrected chi connectivity index (χ0v) is 14.1. The zero-order valence-electron chi connectivity index (χ0n) is 13.4. The highest BCUT2D eigenvalue weighted by Gasteiger charge is 2.15. The molecule has 1 N–H and O–H groups in total. The van der Waals surface area contributed by atoms with Crippen molar-refractivity contribution in [2.45, 2.75) is 0 Å². The van der Waals surface area contributed by atoms with Crippen LogP contribution in [0.25, 0.3) is 10.9 Å². The van der Waals surface area contributed by atoms with Crippen molar-refractivity contribution in [3.05, 3.63) is 53.6 Å². The summed E-state index contributed by atoms with van der Waals surface area (Å²) in [4.78, 5) is 10.5. The molecule has 5 nitrogen and oxygen atoms in total. The summed E-state index contributed by atoms with van der Waals surface area (Å²) in [6.07, 6.45) is 1.46. The van der Waals surface area contributed by atoms with Crippen molar-refractivity contribution in [2.24, 2.45) is 0 Å². The van der Waals surface area contributed by atoms with E-state index in [9.17, 15) is 4.39 Å². The van der Waals surface area contributed by atoms with E-state index in [1.165, 1.54) is 12.4 Å². The first-order valence-corrected chi connectivity index (χ1v) is 8.38. The molecule has 0 radical (unpaired) electrons. The van der Waals surface area contributed by atoms with Gasteiger partial charge in [0.25, 0.3) is 0 Å². The molecule has 0 spiro atoms. The quantitative estimate of drug-likeness (QED) is 0.766. The molecular formula is C18H16ClFN4O. The Hall–Kier alpha value is -2.44. The summed E-state index contributed by atoms with van der Waals surface area (Å²) in [6.45, 7) is 2.63. The van der Waals surface area contributed by atoms with Crippen molar-refractivity contribution < 1.29 is 9.13 Å². The molecule has 4 rings (SSSR count). The van der Waals surface area contributed by atoms with Crippen LogP contribution in [0, 0.1) is 5.82 Å². The predicted octanol–water partition coefficient (Wildman–Crippen LogP) is 4.00. The van der Waals surface area contributed by atoms with Gasteiger partial charge in [-0.15, -0.1) is 0 Å². The molecule has 128 valence electrons. The molecule has 1 aliphatic heterocycles. The summed E-state index contributed by atoms with van der Waals surface area (Å²) in [7, 11) is 0. The number of anilines is 3. The summed E-state index contributed by atoms with van der Waals surface area (Å²) in [5.74, 6) is 0.341. The Morgan fingerprint density at radius 1 is 1.08 bits per heavy atom. The zero-order chi connectivity index (χ0) is 17.2. The summed E-state index contributed by atoms with van der Waals surface area (Å²) < 4.78 is 19.8. The highest BCUT2D eigenvalue weighted by molar-refractivity contribution is 6.31. The third-order valence-corrected chi connectivity index (χ3v) is 4.40. The lowest BCUT2D eigenvalue weighted by atomic mass is 10.2. The molecule has 3 aromatic rings. The predicted molar refractivity (Wildman–Crippen MR) is 97.3 cm³/mol. The van der Waals surface area contributed by atoms with Crippen LogP contribution in [0.4, 0.5) is 21.6 Å². The fourth-order valence-corrected chi connectivity index (χ4v) is 3.08. The van der Waals surface area contributed by atoms with Gasteiger partial charge in [-0.3, -0.25) is 0 Å². The molecule has 0 unspecified atom stereocenters. The lowest BCUT2D eigenvalue weighted by Crippen LogP contribution is -2.36. The van der Waals surface area contributed by atoms with Gasteiger partial charge in [-0.05, 0) is 36.4 Å². The second-order valence-corrected chi connectivity index (χ2v) is 6.21. The molecule has 1 saturated heterocycles. The number of morpholine rings is 1. The first-order valence-electron chi connectivity index (χ1n) is 8.00. The number of rotatable bonds is 3. The molecule has 0 bridgehead atoms. The number of hydrogen-bond donors (Lipinski definition) is 1.